The van der Waals surface area contributed by atoms with E-state index in [-0.39, 0.29) is 0 Å². The molecule has 3 aromatic rings. The number of aryl methyl sites for hydroxylation is 1. The van der Waals surface area contributed by atoms with E-state index in [0.29, 0.717) is 5.02 Å². The van der Waals surface area contributed by atoms with Crippen LogP contribution in [0.3, 0.4) is 0 Å². The van der Waals surface area contributed by atoms with Gasteiger partial charge < -0.3 is 4.72 Å². The van der Waals surface area contributed by atoms with Crippen molar-refractivity contribution in [3.05, 3.63) is 65.4 Å². The highest BCUT2D eigenvalue weighted by Crippen LogP contribution is 2.35. The van der Waals surface area contributed by atoms with Crippen LogP contribution in [0.4, 0.5) is 5.69 Å². The predicted molar refractivity (Wildman–Crippen MR) is 105 cm³/mol. The molecule has 0 saturated heterocycles. The van der Waals surface area contributed by atoms with Gasteiger partial charge in [0.05, 0.1) is 21.1 Å². The number of aromatic nitrogens is 1. The lowest BCUT2D eigenvalue weighted by molar-refractivity contribution is 1.33. The first-order valence-electron chi connectivity index (χ1n) is 7.41. The molecule has 5 heteroatoms. The zero-order chi connectivity index (χ0) is 16.7. The normalized spacial score (nSPS) is 9.91. The Kier molecular flexibility index (Phi) is 6.96. The standard InChI is InChI=1S/C16H13ClN2S2.C2H6/c1-11-2-4-12(5-3-11)15-6-7-16(20-15)21-19-14-10-18-9-8-13(14)17;1-2/h2-10,19H,1H3;1-2H3. The molecule has 0 saturated carbocycles. The summed E-state index contributed by atoms with van der Waals surface area (Å²) in [4.78, 5) is 5.32. The van der Waals surface area contributed by atoms with Crippen molar-refractivity contribution in [2.24, 2.45) is 0 Å². The van der Waals surface area contributed by atoms with Gasteiger partial charge in [-0.15, -0.1) is 11.3 Å². The summed E-state index contributed by atoms with van der Waals surface area (Å²) in [6.07, 6.45) is 3.41. The van der Waals surface area contributed by atoms with Crippen LogP contribution in [0.5, 0.6) is 0 Å². The van der Waals surface area contributed by atoms with Crippen molar-refractivity contribution in [3.63, 3.8) is 0 Å². The van der Waals surface area contributed by atoms with Crippen LogP contribution in [0.25, 0.3) is 10.4 Å². The van der Waals surface area contributed by atoms with Crippen molar-refractivity contribution in [3.8, 4) is 10.4 Å². The minimum atomic E-state index is 0.674. The third-order valence-corrected chi connectivity index (χ3v) is 5.36. The number of halogens is 1. The van der Waals surface area contributed by atoms with Gasteiger partial charge in [0.2, 0.25) is 0 Å². The van der Waals surface area contributed by atoms with Crippen LogP contribution < -0.4 is 4.72 Å². The van der Waals surface area contributed by atoms with Gasteiger partial charge in [-0.3, -0.25) is 4.98 Å². The lowest BCUT2D eigenvalue weighted by Gasteiger charge is -2.04. The maximum absolute atomic E-state index is 6.09. The number of hydrogen-bond donors (Lipinski definition) is 1. The van der Waals surface area contributed by atoms with Crippen LogP contribution in [-0.2, 0) is 0 Å². The van der Waals surface area contributed by atoms with E-state index in [9.17, 15) is 0 Å². The molecule has 0 unspecified atom stereocenters. The molecule has 120 valence electrons. The summed E-state index contributed by atoms with van der Waals surface area (Å²) in [7, 11) is 0. The van der Waals surface area contributed by atoms with E-state index in [1.165, 1.54) is 20.2 Å². The molecule has 0 aliphatic carbocycles. The minimum absolute atomic E-state index is 0.674. The lowest BCUT2D eigenvalue weighted by atomic mass is 10.1. The van der Waals surface area contributed by atoms with Crippen molar-refractivity contribution >= 4 is 40.6 Å². The van der Waals surface area contributed by atoms with Crippen molar-refractivity contribution in [1.29, 1.82) is 0 Å². The summed E-state index contributed by atoms with van der Waals surface area (Å²) in [6, 6.07) is 14.6. The highest BCUT2D eigenvalue weighted by Gasteiger charge is 2.05. The lowest BCUT2D eigenvalue weighted by Crippen LogP contribution is -1.87. The molecule has 0 radical (unpaired) electrons. The molecule has 2 aromatic heterocycles. The number of hydrogen-bond acceptors (Lipinski definition) is 4. The Morgan fingerprint density at radius 3 is 2.48 bits per heavy atom. The third-order valence-electron chi connectivity index (χ3n) is 2.95. The van der Waals surface area contributed by atoms with Crippen molar-refractivity contribution in [1.82, 2.24) is 4.98 Å². The van der Waals surface area contributed by atoms with Gasteiger partial charge in [0.1, 0.15) is 0 Å². The van der Waals surface area contributed by atoms with Crippen LogP contribution in [-0.4, -0.2) is 4.98 Å². The Hall–Kier alpha value is -1.49. The number of nitrogens with one attached hydrogen (secondary N) is 1. The Labute approximate surface area is 151 Å². The number of anilines is 1. The third kappa shape index (κ3) is 4.99. The number of pyridine rings is 1. The second-order valence-corrected chi connectivity index (χ2v) is 7.14. The van der Waals surface area contributed by atoms with E-state index in [2.05, 4.69) is 53.0 Å². The molecule has 1 aromatic carbocycles. The quantitative estimate of drug-likeness (QED) is 0.510. The van der Waals surface area contributed by atoms with Gasteiger partial charge in [-0.2, -0.15) is 0 Å². The Balaban J connectivity index is 0.000000924. The summed E-state index contributed by atoms with van der Waals surface area (Å²) >= 11 is 9.40. The van der Waals surface area contributed by atoms with Crippen LogP contribution in [0.1, 0.15) is 19.4 Å². The zero-order valence-corrected chi connectivity index (χ0v) is 15.7. The highest BCUT2D eigenvalue weighted by molar-refractivity contribution is 8.02. The molecule has 0 atom stereocenters. The minimum Gasteiger partial charge on any atom is -0.322 e. The fourth-order valence-electron chi connectivity index (χ4n) is 1.81. The van der Waals surface area contributed by atoms with E-state index in [0.717, 1.165) is 5.69 Å². The SMILES string of the molecule is CC.Cc1ccc(-c2ccc(SNc3cnccc3Cl)s2)cc1. The largest absolute Gasteiger partial charge is 0.322 e. The highest BCUT2D eigenvalue weighted by atomic mass is 35.5. The number of thiophene rings is 1. The van der Waals surface area contributed by atoms with Gasteiger partial charge in [-0.1, -0.05) is 55.3 Å². The monoisotopic (exact) mass is 362 g/mol. The Bertz CT molecular complexity index is 739. The summed E-state index contributed by atoms with van der Waals surface area (Å²) in [5.41, 5.74) is 3.35. The van der Waals surface area contributed by atoms with Crippen LogP contribution in [0.2, 0.25) is 5.02 Å². The van der Waals surface area contributed by atoms with E-state index >= 15 is 0 Å². The maximum atomic E-state index is 6.09. The Morgan fingerprint density at radius 2 is 1.78 bits per heavy atom. The van der Waals surface area contributed by atoms with Crippen LogP contribution >= 0.6 is 34.9 Å². The van der Waals surface area contributed by atoms with Gasteiger partial charge in [0.25, 0.3) is 0 Å². The summed E-state index contributed by atoms with van der Waals surface area (Å²) < 4.78 is 4.42. The maximum Gasteiger partial charge on any atom is 0.0817 e. The van der Waals surface area contributed by atoms with Gasteiger partial charge in [-0.05, 0) is 42.6 Å². The van der Waals surface area contributed by atoms with Gasteiger partial charge in [0.15, 0.2) is 0 Å². The van der Waals surface area contributed by atoms with Crippen molar-refractivity contribution in [2.45, 2.75) is 25.0 Å². The van der Waals surface area contributed by atoms with Crippen molar-refractivity contribution < 1.29 is 0 Å². The molecular formula is C18H19ClN2S2. The number of rotatable bonds is 4. The summed E-state index contributed by atoms with van der Waals surface area (Å²) in [5, 5.41) is 0.674. The smallest absolute Gasteiger partial charge is 0.0817 e. The van der Waals surface area contributed by atoms with E-state index in [4.69, 9.17) is 11.6 Å². The first-order valence-corrected chi connectivity index (χ1v) is 9.43. The zero-order valence-electron chi connectivity index (χ0n) is 13.3. The van der Waals surface area contributed by atoms with Crippen molar-refractivity contribution in [2.75, 3.05) is 4.72 Å². The fraction of sp³-hybridized carbons (Fsp3) is 0.167. The topological polar surface area (TPSA) is 24.9 Å². The molecule has 0 amide bonds. The van der Waals surface area contributed by atoms with Gasteiger partial charge >= 0.3 is 0 Å². The molecule has 0 bridgehead atoms. The molecular weight excluding hydrogens is 344 g/mol. The van der Waals surface area contributed by atoms with E-state index < -0.39 is 0 Å². The molecule has 0 spiro atoms. The van der Waals surface area contributed by atoms with Gasteiger partial charge in [0, 0.05) is 11.1 Å². The average Bonchev–Trinajstić information content (AvgIpc) is 3.06. The first kappa shape index (κ1) is 17.9. The summed E-state index contributed by atoms with van der Waals surface area (Å²) in [5.74, 6) is 0. The predicted octanol–water partition coefficient (Wildman–Crippen LogP) is 6.92. The number of benzene rings is 1. The molecule has 0 aliphatic rings. The van der Waals surface area contributed by atoms with E-state index in [1.807, 2.05) is 13.8 Å². The Morgan fingerprint density at radius 1 is 1.04 bits per heavy atom. The molecule has 2 heterocycles. The second-order valence-electron chi connectivity index (χ2n) is 4.54. The number of nitrogens with zero attached hydrogens (tertiary/aromatic N) is 1. The molecule has 3 rings (SSSR count). The second kappa shape index (κ2) is 8.96. The molecule has 2 nitrogen and oxygen atoms in total. The first-order chi connectivity index (χ1) is 11.2. The molecule has 0 aliphatic heterocycles. The van der Waals surface area contributed by atoms with Crippen LogP contribution in [0, 0.1) is 6.92 Å². The van der Waals surface area contributed by atoms with Crippen LogP contribution in [0.15, 0.2) is 59.1 Å². The van der Waals surface area contributed by atoms with Gasteiger partial charge in [-0.25, -0.2) is 0 Å². The molecule has 23 heavy (non-hydrogen) atoms. The molecule has 1 N–H and O–H groups in total. The molecule has 0 fully saturated rings. The fourth-order valence-corrected chi connectivity index (χ4v) is 3.83. The summed E-state index contributed by atoms with van der Waals surface area (Å²) in [6.45, 7) is 6.10. The van der Waals surface area contributed by atoms with E-state index in [1.54, 1.807) is 41.7 Å². The average molecular weight is 363 g/mol.